The maximum absolute atomic E-state index is 12.3. The summed E-state index contributed by atoms with van der Waals surface area (Å²) >= 11 is 9.32. The fraction of sp³-hybridized carbons (Fsp3) is 0.167. The van der Waals surface area contributed by atoms with Gasteiger partial charge in [-0.3, -0.25) is 4.72 Å². The van der Waals surface area contributed by atoms with E-state index in [1.807, 2.05) is 6.92 Å². The van der Waals surface area contributed by atoms with E-state index in [0.29, 0.717) is 17.3 Å². The zero-order chi connectivity index (χ0) is 14.9. The highest BCUT2D eigenvalue weighted by molar-refractivity contribution is 14.1. The van der Waals surface area contributed by atoms with Gasteiger partial charge in [-0.1, -0.05) is 11.6 Å². The molecule has 1 heterocycles. The molecule has 0 aliphatic rings. The molecule has 1 aromatic heterocycles. The number of aryl methyl sites for hydroxylation is 1. The van der Waals surface area contributed by atoms with Crippen LogP contribution in [0, 0.1) is 10.5 Å². The van der Waals surface area contributed by atoms with E-state index in [0.717, 1.165) is 14.0 Å². The van der Waals surface area contributed by atoms with Crippen LogP contribution in [0.3, 0.4) is 0 Å². The summed E-state index contributed by atoms with van der Waals surface area (Å²) in [5.41, 5.74) is 6.82. The number of anilines is 1. The van der Waals surface area contributed by atoms with E-state index in [1.165, 1.54) is 11.3 Å². The minimum atomic E-state index is -3.63. The lowest BCUT2D eigenvalue weighted by Crippen LogP contribution is -2.11. The molecule has 0 spiro atoms. The molecule has 20 heavy (non-hydrogen) atoms. The fourth-order valence-electron chi connectivity index (χ4n) is 1.59. The standard InChI is InChI=1S/C12H12ClIN2O2S2/c1-7-4-12(19-11(7)6-15)20(17,18)16-10-3-2-8(14)5-9(10)13/h2-5,16H,6,15H2,1H3. The van der Waals surface area contributed by atoms with Gasteiger partial charge in [-0.25, -0.2) is 8.42 Å². The Morgan fingerprint density at radius 3 is 2.65 bits per heavy atom. The van der Waals surface area contributed by atoms with Gasteiger partial charge in [-0.15, -0.1) is 11.3 Å². The SMILES string of the molecule is Cc1cc(S(=O)(=O)Nc2ccc(I)cc2Cl)sc1CN. The van der Waals surface area contributed by atoms with Crippen LogP contribution in [0.25, 0.3) is 0 Å². The molecule has 0 bridgehead atoms. The summed E-state index contributed by atoms with van der Waals surface area (Å²) in [6.07, 6.45) is 0. The molecule has 4 nitrogen and oxygen atoms in total. The van der Waals surface area contributed by atoms with Crippen LogP contribution >= 0.6 is 45.5 Å². The minimum absolute atomic E-state index is 0.241. The molecule has 3 N–H and O–H groups in total. The van der Waals surface area contributed by atoms with E-state index < -0.39 is 10.0 Å². The van der Waals surface area contributed by atoms with E-state index in [-0.39, 0.29) is 4.21 Å². The van der Waals surface area contributed by atoms with Crippen LogP contribution in [0.1, 0.15) is 10.4 Å². The lowest BCUT2D eigenvalue weighted by molar-refractivity contribution is 0.603. The normalized spacial score (nSPS) is 11.6. The Bertz CT molecular complexity index is 744. The van der Waals surface area contributed by atoms with Crippen LogP contribution in [0.15, 0.2) is 28.5 Å². The molecule has 0 saturated carbocycles. The van der Waals surface area contributed by atoms with Crippen LogP contribution in [0.2, 0.25) is 5.02 Å². The second-order valence-electron chi connectivity index (χ2n) is 4.11. The van der Waals surface area contributed by atoms with Gasteiger partial charge < -0.3 is 5.73 Å². The number of thiophene rings is 1. The molecular formula is C12H12ClIN2O2S2. The first-order valence-corrected chi connectivity index (χ1v) is 9.36. The first-order chi connectivity index (χ1) is 9.33. The summed E-state index contributed by atoms with van der Waals surface area (Å²) < 4.78 is 28.3. The third-order valence-corrected chi connectivity index (χ3v) is 6.71. The Morgan fingerprint density at radius 2 is 2.10 bits per heavy atom. The molecule has 0 amide bonds. The average molecular weight is 443 g/mol. The summed E-state index contributed by atoms with van der Waals surface area (Å²) in [5.74, 6) is 0. The van der Waals surface area contributed by atoms with Gasteiger partial charge in [0.05, 0.1) is 10.7 Å². The van der Waals surface area contributed by atoms with Crippen molar-refractivity contribution in [2.45, 2.75) is 17.7 Å². The number of hydrogen-bond acceptors (Lipinski definition) is 4. The highest BCUT2D eigenvalue weighted by Crippen LogP contribution is 2.30. The van der Waals surface area contributed by atoms with Crippen molar-refractivity contribution in [1.82, 2.24) is 0 Å². The number of benzene rings is 1. The van der Waals surface area contributed by atoms with Crippen molar-refractivity contribution >= 4 is 61.2 Å². The number of nitrogens with one attached hydrogen (secondary N) is 1. The van der Waals surface area contributed by atoms with Crippen molar-refractivity contribution in [3.05, 3.63) is 43.3 Å². The summed E-state index contributed by atoms with van der Waals surface area (Å²) in [6.45, 7) is 2.17. The van der Waals surface area contributed by atoms with Crippen LogP contribution < -0.4 is 10.5 Å². The Balaban J connectivity index is 2.35. The van der Waals surface area contributed by atoms with Crippen LogP contribution in [-0.2, 0) is 16.6 Å². The van der Waals surface area contributed by atoms with Crippen LogP contribution in [-0.4, -0.2) is 8.42 Å². The predicted molar refractivity (Wildman–Crippen MR) is 91.9 cm³/mol. The zero-order valence-electron chi connectivity index (χ0n) is 10.5. The zero-order valence-corrected chi connectivity index (χ0v) is 15.0. The van der Waals surface area contributed by atoms with Gasteiger partial charge in [0.1, 0.15) is 4.21 Å². The lowest BCUT2D eigenvalue weighted by Gasteiger charge is -2.08. The van der Waals surface area contributed by atoms with E-state index in [4.69, 9.17) is 17.3 Å². The number of nitrogens with two attached hydrogens (primary N) is 1. The topological polar surface area (TPSA) is 72.2 Å². The largest absolute Gasteiger partial charge is 0.326 e. The molecule has 0 saturated heterocycles. The van der Waals surface area contributed by atoms with Gasteiger partial charge in [0.2, 0.25) is 0 Å². The van der Waals surface area contributed by atoms with Crippen molar-refractivity contribution in [1.29, 1.82) is 0 Å². The third-order valence-electron chi connectivity index (χ3n) is 2.62. The number of hydrogen-bond donors (Lipinski definition) is 2. The highest BCUT2D eigenvalue weighted by atomic mass is 127. The summed E-state index contributed by atoms with van der Waals surface area (Å²) in [6, 6.07) is 6.75. The molecular weight excluding hydrogens is 431 g/mol. The van der Waals surface area contributed by atoms with Crippen LogP contribution in [0.4, 0.5) is 5.69 Å². The first-order valence-electron chi connectivity index (χ1n) is 5.60. The number of sulfonamides is 1. The van der Waals surface area contributed by atoms with E-state index in [1.54, 1.807) is 24.3 Å². The molecule has 0 unspecified atom stereocenters. The Labute approximate surface area is 140 Å². The van der Waals surface area contributed by atoms with Gasteiger partial charge in [-0.05, 0) is 59.3 Å². The second-order valence-corrected chi connectivity index (χ2v) is 8.80. The van der Waals surface area contributed by atoms with Crippen molar-refractivity contribution in [3.8, 4) is 0 Å². The van der Waals surface area contributed by atoms with Crippen molar-refractivity contribution in [2.75, 3.05) is 4.72 Å². The van der Waals surface area contributed by atoms with Gasteiger partial charge in [0.15, 0.2) is 0 Å². The molecule has 0 radical (unpaired) electrons. The Morgan fingerprint density at radius 1 is 1.40 bits per heavy atom. The maximum Gasteiger partial charge on any atom is 0.271 e. The van der Waals surface area contributed by atoms with E-state index in [9.17, 15) is 8.42 Å². The highest BCUT2D eigenvalue weighted by Gasteiger charge is 2.19. The maximum atomic E-state index is 12.3. The molecule has 2 rings (SSSR count). The van der Waals surface area contributed by atoms with Gasteiger partial charge in [-0.2, -0.15) is 0 Å². The summed E-state index contributed by atoms with van der Waals surface area (Å²) in [7, 11) is -3.63. The Kier molecular flexibility index (Phi) is 4.96. The fourth-order valence-corrected chi connectivity index (χ4v) is 5.10. The summed E-state index contributed by atoms with van der Waals surface area (Å²) in [4.78, 5) is 0.860. The second kappa shape index (κ2) is 6.18. The quantitative estimate of drug-likeness (QED) is 0.711. The lowest BCUT2D eigenvalue weighted by atomic mass is 10.3. The molecule has 1 aromatic carbocycles. The van der Waals surface area contributed by atoms with Gasteiger partial charge in [0, 0.05) is 15.0 Å². The first kappa shape index (κ1) is 16.0. The molecule has 0 aliphatic carbocycles. The smallest absolute Gasteiger partial charge is 0.271 e. The number of halogens is 2. The molecule has 108 valence electrons. The molecule has 0 atom stereocenters. The van der Waals surface area contributed by atoms with Crippen LogP contribution in [0.5, 0.6) is 0 Å². The summed E-state index contributed by atoms with van der Waals surface area (Å²) in [5, 5.41) is 0.368. The molecule has 0 fully saturated rings. The van der Waals surface area contributed by atoms with Gasteiger partial charge in [0.25, 0.3) is 10.0 Å². The molecule has 0 aliphatic heterocycles. The predicted octanol–water partition coefficient (Wildman–Crippen LogP) is 3.57. The van der Waals surface area contributed by atoms with Crippen molar-refractivity contribution in [2.24, 2.45) is 5.73 Å². The van der Waals surface area contributed by atoms with Crippen molar-refractivity contribution in [3.63, 3.8) is 0 Å². The monoisotopic (exact) mass is 442 g/mol. The Hall–Kier alpha value is -0.350. The van der Waals surface area contributed by atoms with E-state index in [2.05, 4.69) is 27.3 Å². The van der Waals surface area contributed by atoms with E-state index >= 15 is 0 Å². The van der Waals surface area contributed by atoms with Gasteiger partial charge >= 0.3 is 0 Å². The van der Waals surface area contributed by atoms with Crippen molar-refractivity contribution < 1.29 is 8.42 Å². The number of rotatable bonds is 4. The third kappa shape index (κ3) is 3.45. The minimum Gasteiger partial charge on any atom is -0.326 e. The molecule has 8 heteroatoms. The molecule has 2 aromatic rings. The average Bonchev–Trinajstić information content (AvgIpc) is 2.75.